The number of piperidine rings is 1. The molecule has 0 aliphatic carbocycles. The van der Waals surface area contributed by atoms with Crippen molar-refractivity contribution in [2.75, 3.05) is 18.8 Å². The number of aromatic amines is 1. The van der Waals surface area contributed by atoms with E-state index in [-0.39, 0.29) is 24.0 Å². The van der Waals surface area contributed by atoms with Crippen molar-refractivity contribution >= 4 is 26.7 Å². The van der Waals surface area contributed by atoms with Crippen LogP contribution in [0.3, 0.4) is 0 Å². The van der Waals surface area contributed by atoms with Gasteiger partial charge >= 0.3 is 5.69 Å². The number of nitrogens with zero attached hydrogens (tertiary/aromatic N) is 7. The van der Waals surface area contributed by atoms with Gasteiger partial charge in [0.05, 0.1) is 46.9 Å². The molecule has 1 saturated heterocycles. The molecule has 1 atom stereocenters. The van der Waals surface area contributed by atoms with Crippen molar-refractivity contribution in [2.45, 2.75) is 25.8 Å². The first-order valence-electron chi connectivity index (χ1n) is 10.2. The molecule has 12 heteroatoms. The molecule has 1 N–H and O–H groups in total. The van der Waals surface area contributed by atoms with Gasteiger partial charge in [-0.25, -0.2) is 27.7 Å². The van der Waals surface area contributed by atoms with E-state index in [9.17, 15) is 18.5 Å². The van der Waals surface area contributed by atoms with E-state index in [1.165, 1.54) is 15.1 Å². The lowest BCUT2D eigenvalue weighted by Gasteiger charge is -2.32. The summed E-state index contributed by atoms with van der Waals surface area (Å²) in [5, 5.41) is 13.5. The molecular weight excluding hydrogens is 432 g/mol. The SMILES string of the molecule is CCS(=O)(=O)N1CCCC(n2c(=O)[nH]c3cnc(-c4cnn5ccc(C#N)cc45)nc32)C1. The summed E-state index contributed by atoms with van der Waals surface area (Å²) in [6.45, 7) is 2.29. The molecule has 164 valence electrons. The van der Waals surface area contributed by atoms with Crippen LogP contribution in [0.5, 0.6) is 0 Å². The normalized spacial score (nSPS) is 17.7. The van der Waals surface area contributed by atoms with E-state index in [0.29, 0.717) is 53.0 Å². The molecule has 5 heterocycles. The first kappa shape index (κ1) is 20.3. The minimum atomic E-state index is -3.35. The summed E-state index contributed by atoms with van der Waals surface area (Å²) in [4.78, 5) is 24.6. The Labute approximate surface area is 183 Å². The average Bonchev–Trinajstić information content (AvgIpc) is 3.38. The molecule has 0 radical (unpaired) electrons. The van der Waals surface area contributed by atoms with Crippen LogP contribution >= 0.6 is 0 Å². The number of hydrogen-bond acceptors (Lipinski definition) is 7. The lowest BCUT2D eigenvalue weighted by Crippen LogP contribution is -2.43. The Morgan fingerprint density at radius 3 is 2.97 bits per heavy atom. The molecular formula is C20H20N8O3S. The number of hydrogen-bond donors (Lipinski definition) is 1. The maximum absolute atomic E-state index is 12.8. The molecule has 0 amide bonds. The van der Waals surface area contributed by atoms with Crippen LogP contribution in [0.25, 0.3) is 28.1 Å². The Kier molecular flexibility index (Phi) is 4.79. The van der Waals surface area contributed by atoms with Crippen LogP contribution in [0.2, 0.25) is 0 Å². The second-order valence-corrected chi connectivity index (χ2v) is 9.96. The molecule has 5 rings (SSSR count). The fraction of sp³-hybridized carbons (Fsp3) is 0.350. The van der Waals surface area contributed by atoms with Gasteiger partial charge in [-0.05, 0) is 31.9 Å². The van der Waals surface area contributed by atoms with Gasteiger partial charge in [0.25, 0.3) is 0 Å². The number of nitrogens with one attached hydrogen (secondary N) is 1. The third kappa shape index (κ3) is 3.26. The molecule has 4 aromatic heterocycles. The number of aromatic nitrogens is 6. The summed E-state index contributed by atoms with van der Waals surface area (Å²) in [7, 11) is -3.35. The van der Waals surface area contributed by atoms with Gasteiger partial charge in [0, 0.05) is 19.3 Å². The molecule has 0 spiro atoms. The molecule has 32 heavy (non-hydrogen) atoms. The van der Waals surface area contributed by atoms with Crippen molar-refractivity contribution in [3.63, 3.8) is 0 Å². The van der Waals surface area contributed by atoms with Crippen LogP contribution in [0, 0.1) is 11.3 Å². The first-order chi connectivity index (χ1) is 15.4. The maximum atomic E-state index is 12.8. The van der Waals surface area contributed by atoms with Gasteiger partial charge in [0.2, 0.25) is 10.0 Å². The van der Waals surface area contributed by atoms with E-state index < -0.39 is 10.0 Å². The zero-order valence-corrected chi connectivity index (χ0v) is 18.1. The summed E-state index contributed by atoms with van der Waals surface area (Å²) in [5.41, 5.74) is 2.32. The smallest absolute Gasteiger partial charge is 0.303 e. The first-order valence-corrected chi connectivity index (χ1v) is 11.8. The predicted molar refractivity (Wildman–Crippen MR) is 116 cm³/mol. The number of rotatable bonds is 4. The molecule has 4 aromatic rings. The van der Waals surface area contributed by atoms with E-state index in [0.717, 1.165) is 0 Å². The van der Waals surface area contributed by atoms with Crippen molar-refractivity contribution in [3.05, 3.63) is 46.8 Å². The summed E-state index contributed by atoms with van der Waals surface area (Å²) in [5.74, 6) is 0.387. The highest BCUT2D eigenvalue weighted by atomic mass is 32.2. The Bertz CT molecular complexity index is 1540. The lowest BCUT2D eigenvalue weighted by atomic mass is 10.1. The summed E-state index contributed by atoms with van der Waals surface area (Å²) < 4.78 is 29.4. The lowest BCUT2D eigenvalue weighted by molar-refractivity contribution is 0.267. The highest BCUT2D eigenvalue weighted by Gasteiger charge is 2.30. The molecule has 0 saturated carbocycles. The van der Waals surface area contributed by atoms with Gasteiger partial charge < -0.3 is 4.98 Å². The average molecular weight is 453 g/mol. The van der Waals surface area contributed by atoms with E-state index in [4.69, 9.17) is 0 Å². The van der Waals surface area contributed by atoms with Crippen molar-refractivity contribution < 1.29 is 8.42 Å². The van der Waals surface area contributed by atoms with Crippen molar-refractivity contribution in [2.24, 2.45) is 0 Å². The van der Waals surface area contributed by atoms with Gasteiger partial charge in [-0.15, -0.1) is 0 Å². The number of sulfonamides is 1. The molecule has 1 aliphatic rings. The van der Waals surface area contributed by atoms with Crippen LogP contribution in [0.4, 0.5) is 0 Å². The zero-order chi connectivity index (χ0) is 22.5. The van der Waals surface area contributed by atoms with Gasteiger partial charge in [-0.2, -0.15) is 14.7 Å². The second-order valence-electron chi connectivity index (χ2n) is 7.70. The van der Waals surface area contributed by atoms with Gasteiger partial charge in [0.15, 0.2) is 11.5 Å². The summed E-state index contributed by atoms with van der Waals surface area (Å²) >= 11 is 0. The monoisotopic (exact) mass is 452 g/mol. The van der Waals surface area contributed by atoms with Crippen LogP contribution in [0.15, 0.2) is 35.5 Å². The molecule has 1 unspecified atom stereocenters. The minimum absolute atomic E-state index is 0.0221. The maximum Gasteiger partial charge on any atom is 0.328 e. The second kappa shape index (κ2) is 7.54. The molecule has 1 aliphatic heterocycles. The van der Waals surface area contributed by atoms with E-state index >= 15 is 0 Å². The minimum Gasteiger partial charge on any atom is -0.303 e. The van der Waals surface area contributed by atoms with E-state index in [2.05, 4.69) is 26.1 Å². The van der Waals surface area contributed by atoms with Gasteiger partial charge in [-0.1, -0.05) is 0 Å². The van der Waals surface area contributed by atoms with Gasteiger partial charge in [-0.3, -0.25) is 4.57 Å². The van der Waals surface area contributed by atoms with E-state index in [1.807, 2.05) is 0 Å². The summed E-state index contributed by atoms with van der Waals surface area (Å²) in [6, 6.07) is 5.14. The largest absolute Gasteiger partial charge is 0.328 e. The highest BCUT2D eigenvalue weighted by molar-refractivity contribution is 7.89. The quantitative estimate of drug-likeness (QED) is 0.492. The highest BCUT2D eigenvalue weighted by Crippen LogP contribution is 2.27. The Morgan fingerprint density at radius 2 is 2.19 bits per heavy atom. The number of H-pyrrole nitrogens is 1. The van der Waals surface area contributed by atoms with Crippen molar-refractivity contribution in [3.8, 4) is 17.5 Å². The number of fused-ring (bicyclic) bond motifs is 2. The van der Waals surface area contributed by atoms with Crippen LogP contribution < -0.4 is 5.69 Å². The Balaban J connectivity index is 1.61. The molecule has 0 bridgehead atoms. The number of imidazole rings is 1. The van der Waals surface area contributed by atoms with Gasteiger partial charge in [0.1, 0.15) is 5.52 Å². The number of pyridine rings is 1. The van der Waals surface area contributed by atoms with Crippen LogP contribution in [-0.4, -0.2) is 60.7 Å². The molecule has 11 nitrogen and oxygen atoms in total. The number of nitriles is 1. The Morgan fingerprint density at radius 1 is 1.34 bits per heavy atom. The standard InChI is InChI=1S/C20H20N8O3S/c1-2-32(30,31)26-6-3-4-14(12-26)28-19-16(24-20(28)29)11-22-18(25-19)15-10-23-27-7-5-13(9-21)8-17(15)27/h5,7-8,10-11,14H,2-4,6,12H2,1H3,(H,24,29). The Hall–Kier alpha value is -3.56. The summed E-state index contributed by atoms with van der Waals surface area (Å²) in [6.07, 6.45) is 6.17. The zero-order valence-electron chi connectivity index (χ0n) is 17.3. The fourth-order valence-electron chi connectivity index (χ4n) is 4.17. The molecule has 1 fully saturated rings. The van der Waals surface area contributed by atoms with E-state index in [1.54, 1.807) is 36.0 Å². The van der Waals surface area contributed by atoms with Crippen molar-refractivity contribution in [1.29, 1.82) is 5.26 Å². The third-order valence-electron chi connectivity index (χ3n) is 5.83. The molecule has 0 aromatic carbocycles. The van der Waals surface area contributed by atoms with Crippen molar-refractivity contribution in [1.82, 2.24) is 33.4 Å². The van der Waals surface area contributed by atoms with Crippen LogP contribution in [0.1, 0.15) is 31.4 Å². The fourth-order valence-corrected chi connectivity index (χ4v) is 5.35. The predicted octanol–water partition coefficient (Wildman–Crippen LogP) is 1.29. The topological polar surface area (TPSA) is 142 Å². The van der Waals surface area contributed by atoms with Crippen LogP contribution in [-0.2, 0) is 10.0 Å². The third-order valence-corrected chi connectivity index (χ3v) is 7.68.